The minimum Gasteiger partial charge on any atom is -0.310 e. The van der Waals surface area contributed by atoms with Crippen molar-refractivity contribution in [3.63, 3.8) is 0 Å². The van der Waals surface area contributed by atoms with E-state index in [0.29, 0.717) is 17.9 Å². The normalized spacial score (nSPS) is 13.3. The lowest BCUT2D eigenvalue weighted by Crippen LogP contribution is -2.23. The van der Waals surface area contributed by atoms with Gasteiger partial charge in [0.25, 0.3) is 0 Å². The summed E-state index contributed by atoms with van der Waals surface area (Å²) in [6.07, 6.45) is 3.38. The van der Waals surface area contributed by atoms with Crippen molar-refractivity contribution in [3.8, 4) is 0 Å². The first-order valence-corrected chi connectivity index (χ1v) is 9.40. The van der Waals surface area contributed by atoms with Crippen LogP contribution in [0.1, 0.15) is 51.1 Å². The zero-order valence-electron chi connectivity index (χ0n) is 12.6. The van der Waals surface area contributed by atoms with Crippen molar-refractivity contribution in [2.24, 2.45) is 0 Å². The molecule has 20 heavy (non-hydrogen) atoms. The molecular formula is C16H27NO2S. The number of nitrogens with one attached hydrogen (secondary N) is 1. The SMILES string of the molecule is CCCNC(CCCS(=O)(=O)CCC)c1ccccc1. The molecule has 0 saturated heterocycles. The van der Waals surface area contributed by atoms with Crippen LogP contribution < -0.4 is 5.32 Å². The van der Waals surface area contributed by atoms with Gasteiger partial charge in [0, 0.05) is 11.8 Å². The number of hydrogen-bond donors (Lipinski definition) is 1. The van der Waals surface area contributed by atoms with Crippen molar-refractivity contribution >= 4 is 9.84 Å². The summed E-state index contributed by atoms with van der Waals surface area (Å²) in [5.74, 6) is 0.614. The van der Waals surface area contributed by atoms with E-state index in [-0.39, 0.29) is 6.04 Å². The van der Waals surface area contributed by atoms with Gasteiger partial charge in [-0.15, -0.1) is 0 Å². The average molecular weight is 297 g/mol. The van der Waals surface area contributed by atoms with Gasteiger partial charge in [-0.05, 0) is 37.8 Å². The van der Waals surface area contributed by atoms with Gasteiger partial charge in [-0.1, -0.05) is 44.2 Å². The highest BCUT2D eigenvalue weighted by molar-refractivity contribution is 7.91. The van der Waals surface area contributed by atoms with Crippen molar-refractivity contribution in [1.29, 1.82) is 0 Å². The molecule has 1 aromatic rings. The van der Waals surface area contributed by atoms with Crippen LogP contribution >= 0.6 is 0 Å². The van der Waals surface area contributed by atoms with Crippen LogP contribution in [0.25, 0.3) is 0 Å². The maximum atomic E-state index is 11.7. The Kier molecular flexibility index (Phi) is 7.85. The number of rotatable bonds is 10. The Bertz CT molecular complexity index is 457. The summed E-state index contributed by atoms with van der Waals surface area (Å²) < 4.78 is 23.5. The predicted molar refractivity (Wildman–Crippen MR) is 85.7 cm³/mol. The largest absolute Gasteiger partial charge is 0.310 e. The molecule has 0 aliphatic heterocycles. The van der Waals surface area contributed by atoms with Gasteiger partial charge in [-0.3, -0.25) is 0 Å². The van der Waals surface area contributed by atoms with Crippen molar-refractivity contribution in [1.82, 2.24) is 5.32 Å². The maximum Gasteiger partial charge on any atom is 0.150 e. The first kappa shape index (κ1) is 17.2. The summed E-state index contributed by atoms with van der Waals surface area (Å²) in [4.78, 5) is 0. The van der Waals surface area contributed by atoms with Crippen molar-refractivity contribution in [3.05, 3.63) is 35.9 Å². The monoisotopic (exact) mass is 297 g/mol. The Morgan fingerprint density at radius 2 is 1.75 bits per heavy atom. The molecule has 1 unspecified atom stereocenters. The summed E-state index contributed by atoms with van der Waals surface area (Å²) in [6.45, 7) is 5.01. The van der Waals surface area contributed by atoms with E-state index in [0.717, 1.165) is 25.8 Å². The van der Waals surface area contributed by atoms with Crippen LogP contribution in [0.4, 0.5) is 0 Å². The minimum absolute atomic E-state index is 0.257. The predicted octanol–water partition coefficient (Wildman–Crippen LogP) is 3.33. The van der Waals surface area contributed by atoms with Gasteiger partial charge in [0.15, 0.2) is 0 Å². The standard InChI is InChI=1S/C16H27NO2S/c1-3-12-17-16(15-9-6-5-7-10-15)11-8-14-20(18,19)13-4-2/h5-7,9-10,16-17H,3-4,8,11-14H2,1-2H3. The van der Waals surface area contributed by atoms with E-state index < -0.39 is 9.84 Å². The molecule has 0 fully saturated rings. The zero-order valence-corrected chi connectivity index (χ0v) is 13.5. The molecule has 0 aromatic heterocycles. The Hall–Kier alpha value is -0.870. The van der Waals surface area contributed by atoms with Gasteiger partial charge in [0.1, 0.15) is 9.84 Å². The van der Waals surface area contributed by atoms with Gasteiger partial charge in [-0.25, -0.2) is 8.42 Å². The fraction of sp³-hybridized carbons (Fsp3) is 0.625. The lowest BCUT2D eigenvalue weighted by atomic mass is 10.0. The molecule has 1 N–H and O–H groups in total. The molecule has 0 saturated carbocycles. The van der Waals surface area contributed by atoms with E-state index >= 15 is 0 Å². The van der Waals surface area contributed by atoms with E-state index in [1.165, 1.54) is 5.56 Å². The van der Waals surface area contributed by atoms with Gasteiger partial charge in [0.05, 0.1) is 5.75 Å². The summed E-state index contributed by atoms with van der Waals surface area (Å²) >= 11 is 0. The molecule has 4 heteroatoms. The van der Waals surface area contributed by atoms with E-state index in [2.05, 4.69) is 24.4 Å². The first-order valence-electron chi connectivity index (χ1n) is 7.57. The highest BCUT2D eigenvalue weighted by Crippen LogP contribution is 2.18. The third-order valence-corrected chi connectivity index (χ3v) is 5.25. The molecule has 1 rings (SSSR count). The Morgan fingerprint density at radius 1 is 1.05 bits per heavy atom. The second-order valence-corrected chi connectivity index (χ2v) is 7.52. The van der Waals surface area contributed by atoms with E-state index in [9.17, 15) is 8.42 Å². The summed E-state index contributed by atoms with van der Waals surface area (Å²) in [7, 11) is -2.86. The molecule has 1 aromatic carbocycles. The third-order valence-electron chi connectivity index (χ3n) is 3.31. The fourth-order valence-corrected chi connectivity index (χ4v) is 3.74. The molecule has 0 bridgehead atoms. The van der Waals surface area contributed by atoms with Crippen LogP contribution in [-0.4, -0.2) is 26.5 Å². The van der Waals surface area contributed by atoms with Gasteiger partial charge in [-0.2, -0.15) is 0 Å². The van der Waals surface area contributed by atoms with Crippen LogP contribution in [0.15, 0.2) is 30.3 Å². The summed E-state index contributed by atoms with van der Waals surface area (Å²) in [6, 6.07) is 10.5. The van der Waals surface area contributed by atoms with Crippen molar-refractivity contribution in [2.45, 2.75) is 45.6 Å². The molecule has 0 amide bonds. The van der Waals surface area contributed by atoms with Crippen LogP contribution in [-0.2, 0) is 9.84 Å². The highest BCUT2D eigenvalue weighted by Gasteiger charge is 2.13. The van der Waals surface area contributed by atoms with Crippen molar-refractivity contribution < 1.29 is 8.42 Å². The maximum absolute atomic E-state index is 11.7. The topological polar surface area (TPSA) is 46.2 Å². The van der Waals surface area contributed by atoms with Crippen LogP contribution in [0.2, 0.25) is 0 Å². The second kappa shape index (κ2) is 9.14. The lowest BCUT2D eigenvalue weighted by molar-refractivity contribution is 0.492. The lowest BCUT2D eigenvalue weighted by Gasteiger charge is -2.19. The Morgan fingerprint density at radius 3 is 2.35 bits per heavy atom. The Labute approximate surface area is 123 Å². The molecule has 1 atom stereocenters. The Balaban J connectivity index is 2.54. The molecule has 0 heterocycles. The van der Waals surface area contributed by atoms with Crippen molar-refractivity contribution in [2.75, 3.05) is 18.1 Å². The molecule has 0 radical (unpaired) electrons. The number of hydrogen-bond acceptors (Lipinski definition) is 3. The van der Waals surface area contributed by atoms with E-state index in [1.54, 1.807) is 0 Å². The van der Waals surface area contributed by atoms with Gasteiger partial charge >= 0.3 is 0 Å². The van der Waals surface area contributed by atoms with E-state index in [4.69, 9.17) is 0 Å². The van der Waals surface area contributed by atoms with Gasteiger partial charge in [0.2, 0.25) is 0 Å². The van der Waals surface area contributed by atoms with E-state index in [1.807, 2.05) is 25.1 Å². The van der Waals surface area contributed by atoms with Gasteiger partial charge < -0.3 is 5.32 Å². The number of benzene rings is 1. The number of sulfone groups is 1. The molecule has 114 valence electrons. The van der Waals surface area contributed by atoms with Crippen LogP contribution in [0.5, 0.6) is 0 Å². The molecule has 0 aliphatic rings. The quantitative estimate of drug-likeness (QED) is 0.720. The molecule has 0 spiro atoms. The average Bonchev–Trinajstić information content (AvgIpc) is 2.43. The van der Waals surface area contributed by atoms with Crippen LogP contribution in [0, 0.1) is 0 Å². The second-order valence-electron chi connectivity index (χ2n) is 5.21. The third kappa shape index (κ3) is 6.53. The minimum atomic E-state index is -2.86. The van der Waals surface area contributed by atoms with Crippen LogP contribution in [0.3, 0.4) is 0 Å². The molecule has 0 aliphatic carbocycles. The first-order chi connectivity index (χ1) is 9.59. The zero-order chi connectivity index (χ0) is 14.8. The summed E-state index contributed by atoms with van der Waals surface area (Å²) in [5.41, 5.74) is 1.24. The molecule has 3 nitrogen and oxygen atoms in total. The smallest absolute Gasteiger partial charge is 0.150 e. The summed E-state index contributed by atoms with van der Waals surface area (Å²) in [5, 5.41) is 3.51. The fourth-order valence-electron chi connectivity index (χ4n) is 2.31. The highest BCUT2D eigenvalue weighted by atomic mass is 32.2. The molecular weight excluding hydrogens is 270 g/mol.